The highest BCUT2D eigenvalue weighted by Gasteiger charge is 2.41. The molecule has 2 N–H and O–H groups in total. The van der Waals surface area contributed by atoms with Crippen molar-refractivity contribution in [1.82, 2.24) is 10.2 Å². The first-order valence-corrected chi connectivity index (χ1v) is 6.93. The Bertz CT molecular complexity index is 345. The Labute approximate surface area is 113 Å². The molecule has 0 radical (unpaired) electrons. The maximum Gasteiger partial charge on any atom is 0.309 e. The molecule has 0 bridgehead atoms. The van der Waals surface area contributed by atoms with Crippen LogP contribution < -0.4 is 5.32 Å². The van der Waals surface area contributed by atoms with Gasteiger partial charge in [-0.2, -0.15) is 0 Å². The quantitative estimate of drug-likeness (QED) is 0.759. The molecule has 6 heteroatoms. The Morgan fingerprint density at radius 1 is 1.42 bits per heavy atom. The third kappa shape index (κ3) is 2.90. The van der Waals surface area contributed by atoms with Gasteiger partial charge in [-0.3, -0.25) is 9.59 Å². The van der Waals surface area contributed by atoms with E-state index in [-0.39, 0.29) is 5.91 Å². The number of morpholine rings is 1. The number of hydrogen-bond donors (Lipinski definition) is 2. The van der Waals surface area contributed by atoms with Gasteiger partial charge in [-0.1, -0.05) is 6.92 Å². The molecule has 0 saturated carbocycles. The lowest BCUT2D eigenvalue weighted by Gasteiger charge is -2.39. The van der Waals surface area contributed by atoms with Crippen molar-refractivity contribution in [2.45, 2.75) is 32.3 Å². The van der Waals surface area contributed by atoms with Crippen LogP contribution in [-0.2, 0) is 14.3 Å². The summed E-state index contributed by atoms with van der Waals surface area (Å²) in [5.74, 6) is -0.750. The monoisotopic (exact) mass is 270 g/mol. The molecule has 1 atom stereocenters. The summed E-state index contributed by atoms with van der Waals surface area (Å²) >= 11 is 0. The second kappa shape index (κ2) is 5.88. The Hall–Kier alpha value is -1.14. The van der Waals surface area contributed by atoms with Crippen LogP contribution in [0.4, 0.5) is 0 Å². The molecule has 1 amide bonds. The minimum atomic E-state index is -0.738. The van der Waals surface area contributed by atoms with Crippen molar-refractivity contribution in [3.8, 4) is 0 Å². The van der Waals surface area contributed by atoms with E-state index in [1.165, 1.54) is 0 Å². The number of rotatable bonds is 3. The van der Waals surface area contributed by atoms with E-state index in [0.29, 0.717) is 45.5 Å². The molecule has 0 aromatic carbocycles. The normalized spacial score (nSPS) is 27.0. The van der Waals surface area contributed by atoms with Crippen LogP contribution in [0.25, 0.3) is 0 Å². The van der Waals surface area contributed by atoms with E-state index in [1.54, 1.807) is 4.90 Å². The summed E-state index contributed by atoms with van der Waals surface area (Å²) in [4.78, 5) is 25.3. The minimum absolute atomic E-state index is 0.0118. The van der Waals surface area contributed by atoms with Crippen LogP contribution in [0.1, 0.15) is 26.2 Å². The van der Waals surface area contributed by atoms with Crippen molar-refractivity contribution in [2.75, 3.05) is 32.8 Å². The van der Waals surface area contributed by atoms with Crippen LogP contribution >= 0.6 is 0 Å². The average Bonchev–Trinajstić information content (AvgIpc) is 2.47. The summed E-state index contributed by atoms with van der Waals surface area (Å²) < 4.78 is 5.45. The second-order valence-electron chi connectivity index (χ2n) is 5.33. The highest BCUT2D eigenvalue weighted by atomic mass is 16.5. The fraction of sp³-hybridized carbons (Fsp3) is 0.846. The molecule has 2 saturated heterocycles. The number of amides is 1. The molecule has 6 nitrogen and oxygen atoms in total. The molecule has 108 valence electrons. The second-order valence-corrected chi connectivity index (χ2v) is 5.33. The number of likely N-dealkylation sites (tertiary alicyclic amines) is 1. The molecular formula is C13H22N2O4. The van der Waals surface area contributed by atoms with Gasteiger partial charge in [0.25, 0.3) is 5.91 Å². The van der Waals surface area contributed by atoms with E-state index in [2.05, 4.69) is 5.32 Å². The van der Waals surface area contributed by atoms with E-state index < -0.39 is 17.5 Å². The van der Waals surface area contributed by atoms with E-state index >= 15 is 0 Å². The van der Waals surface area contributed by atoms with Crippen molar-refractivity contribution in [3.05, 3.63) is 0 Å². The number of aliphatic carboxylic acids is 1. The molecule has 0 spiro atoms. The van der Waals surface area contributed by atoms with Crippen LogP contribution in [0.5, 0.6) is 0 Å². The van der Waals surface area contributed by atoms with Gasteiger partial charge < -0.3 is 20.1 Å². The fourth-order valence-corrected chi connectivity index (χ4v) is 2.80. The first kappa shape index (κ1) is 14.3. The van der Waals surface area contributed by atoms with E-state index in [1.807, 2.05) is 6.92 Å². The van der Waals surface area contributed by atoms with Gasteiger partial charge in [-0.05, 0) is 19.3 Å². The van der Waals surface area contributed by atoms with Crippen molar-refractivity contribution >= 4 is 11.9 Å². The smallest absolute Gasteiger partial charge is 0.309 e. The Balaban J connectivity index is 1.92. The van der Waals surface area contributed by atoms with Crippen LogP contribution in [0.15, 0.2) is 0 Å². The zero-order valence-electron chi connectivity index (χ0n) is 11.4. The molecule has 2 aliphatic heterocycles. The van der Waals surface area contributed by atoms with E-state index in [9.17, 15) is 14.7 Å². The number of piperidine rings is 1. The van der Waals surface area contributed by atoms with Gasteiger partial charge in [0, 0.05) is 26.2 Å². The lowest BCUT2D eigenvalue weighted by Crippen LogP contribution is -2.53. The number of carboxylic acid groups (broad SMARTS) is 1. The highest BCUT2D eigenvalue weighted by Crippen LogP contribution is 2.35. The predicted octanol–water partition coefficient (Wildman–Crippen LogP) is 0.0782. The molecule has 0 aliphatic carbocycles. The summed E-state index contributed by atoms with van der Waals surface area (Å²) in [5.41, 5.74) is -0.650. The summed E-state index contributed by atoms with van der Waals surface area (Å²) in [6.07, 6.45) is 1.27. The largest absolute Gasteiger partial charge is 0.481 e. The predicted molar refractivity (Wildman–Crippen MR) is 68.8 cm³/mol. The zero-order chi connectivity index (χ0) is 13.9. The number of carbonyl (C=O) groups excluding carboxylic acids is 1. The third-order valence-corrected chi connectivity index (χ3v) is 4.37. The lowest BCUT2D eigenvalue weighted by atomic mass is 9.76. The summed E-state index contributed by atoms with van der Waals surface area (Å²) in [6.45, 7) is 4.81. The van der Waals surface area contributed by atoms with Crippen molar-refractivity contribution < 1.29 is 19.4 Å². The number of carboxylic acids is 1. The maximum absolute atomic E-state index is 12.2. The number of nitrogens with zero attached hydrogens (tertiary/aromatic N) is 1. The van der Waals surface area contributed by atoms with E-state index in [0.717, 1.165) is 6.54 Å². The molecule has 2 rings (SSSR count). The fourth-order valence-electron chi connectivity index (χ4n) is 2.80. The summed E-state index contributed by atoms with van der Waals surface area (Å²) in [7, 11) is 0. The minimum Gasteiger partial charge on any atom is -0.481 e. The molecule has 19 heavy (non-hydrogen) atoms. The molecule has 2 heterocycles. The highest BCUT2D eigenvalue weighted by molar-refractivity contribution is 5.82. The van der Waals surface area contributed by atoms with Gasteiger partial charge in [0.05, 0.1) is 12.0 Å². The van der Waals surface area contributed by atoms with Crippen molar-refractivity contribution in [3.63, 3.8) is 0 Å². The van der Waals surface area contributed by atoms with Crippen molar-refractivity contribution in [1.29, 1.82) is 0 Å². The molecule has 0 aromatic rings. The standard InChI is InChI=1S/C13H22N2O4/c1-2-13(12(17)18)3-6-15(7-4-13)11(16)10-9-14-5-8-19-10/h10,14H,2-9H2,1H3,(H,17,18). The number of nitrogens with one attached hydrogen (secondary N) is 1. The van der Waals surface area contributed by atoms with E-state index in [4.69, 9.17) is 4.74 Å². The van der Waals surface area contributed by atoms with Crippen LogP contribution in [0.3, 0.4) is 0 Å². The molecule has 2 fully saturated rings. The topological polar surface area (TPSA) is 78.9 Å². The SMILES string of the molecule is CCC1(C(=O)O)CCN(C(=O)C2CNCCO2)CC1. The average molecular weight is 270 g/mol. The summed E-state index contributed by atoms with van der Waals surface area (Å²) in [6, 6.07) is 0. The molecule has 1 unspecified atom stereocenters. The van der Waals surface area contributed by atoms with Gasteiger partial charge in [-0.15, -0.1) is 0 Å². The van der Waals surface area contributed by atoms with Gasteiger partial charge in [-0.25, -0.2) is 0 Å². The number of ether oxygens (including phenoxy) is 1. The zero-order valence-corrected chi connectivity index (χ0v) is 11.4. The first-order valence-electron chi connectivity index (χ1n) is 6.93. The van der Waals surface area contributed by atoms with Crippen LogP contribution in [-0.4, -0.2) is 60.8 Å². The number of hydrogen-bond acceptors (Lipinski definition) is 4. The van der Waals surface area contributed by atoms with Crippen molar-refractivity contribution in [2.24, 2.45) is 5.41 Å². The Morgan fingerprint density at radius 3 is 2.58 bits per heavy atom. The van der Waals surface area contributed by atoms with Crippen LogP contribution in [0, 0.1) is 5.41 Å². The molecular weight excluding hydrogens is 248 g/mol. The molecule has 0 aromatic heterocycles. The lowest BCUT2D eigenvalue weighted by molar-refractivity contribution is -0.157. The molecule has 2 aliphatic rings. The third-order valence-electron chi connectivity index (χ3n) is 4.37. The Morgan fingerprint density at radius 2 is 2.11 bits per heavy atom. The van der Waals surface area contributed by atoms with Gasteiger partial charge >= 0.3 is 5.97 Å². The Kier molecular flexibility index (Phi) is 4.42. The van der Waals surface area contributed by atoms with Gasteiger partial charge in [0.2, 0.25) is 0 Å². The van der Waals surface area contributed by atoms with Crippen LogP contribution in [0.2, 0.25) is 0 Å². The van der Waals surface area contributed by atoms with Gasteiger partial charge in [0.15, 0.2) is 0 Å². The number of carbonyl (C=O) groups is 2. The van der Waals surface area contributed by atoms with Gasteiger partial charge in [0.1, 0.15) is 6.10 Å². The summed E-state index contributed by atoms with van der Waals surface area (Å²) in [5, 5.41) is 12.5. The first-order chi connectivity index (χ1) is 9.09. The maximum atomic E-state index is 12.2.